The second kappa shape index (κ2) is 6.37. The highest BCUT2D eigenvalue weighted by Gasteiger charge is 2.23. The molecule has 4 heteroatoms. The fraction of sp³-hybridized carbons (Fsp3) is 0.294. The summed E-state index contributed by atoms with van der Waals surface area (Å²) in [5, 5.41) is 3.90. The van der Waals surface area contributed by atoms with Crippen molar-refractivity contribution in [2.75, 3.05) is 13.7 Å². The van der Waals surface area contributed by atoms with Crippen LogP contribution in [0.5, 0.6) is 11.5 Å². The average molecular weight is 304 g/mol. The van der Waals surface area contributed by atoms with Crippen LogP contribution in [0.2, 0.25) is 5.02 Å². The van der Waals surface area contributed by atoms with Crippen molar-refractivity contribution in [3.8, 4) is 11.5 Å². The summed E-state index contributed by atoms with van der Waals surface area (Å²) in [4.78, 5) is 0. The molecule has 1 aliphatic heterocycles. The van der Waals surface area contributed by atoms with Gasteiger partial charge in [0.25, 0.3) is 0 Å². The normalized spacial score (nSPS) is 16.4. The Labute approximate surface area is 129 Å². The van der Waals surface area contributed by atoms with E-state index in [1.807, 2.05) is 43.4 Å². The van der Waals surface area contributed by atoms with Crippen LogP contribution >= 0.6 is 11.6 Å². The topological polar surface area (TPSA) is 30.5 Å². The first-order valence-corrected chi connectivity index (χ1v) is 7.44. The third-order valence-corrected chi connectivity index (χ3v) is 3.76. The van der Waals surface area contributed by atoms with Gasteiger partial charge in [0.15, 0.2) is 0 Å². The molecule has 110 valence electrons. The highest BCUT2D eigenvalue weighted by molar-refractivity contribution is 6.30. The van der Waals surface area contributed by atoms with Gasteiger partial charge in [-0.1, -0.05) is 29.8 Å². The zero-order valence-corrected chi connectivity index (χ0v) is 12.7. The van der Waals surface area contributed by atoms with Gasteiger partial charge in [0, 0.05) is 23.6 Å². The Morgan fingerprint density at radius 2 is 2.14 bits per heavy atom. The molecule has 1 heterocycles. The number of rotatable bonds is 5. The molecule has 0 amide bonds. The summed E-state index contributed by atoms with van der Waals surface area (Å²) in [6, 6.07) is 13.8. The van der Waals surface area contributed by atoms with E-state index in [4.69, 9.17) is 21.1 Å². The standard InChI is InChI=1S/C17H18ClNO2/c1-19-10-12-4-2-3-5-16(12)20-11-15-9-13-8-14(18)6-7-17(13)21-15/h2-8,15,19H,9-11H2,1H3. The van der Waals surface area contributed by atoms with Crippen molar-refractivity contribution in [2.24, 2.45) is 0 Å². The maximum atomic E-state index is 6.01. The van der Waals surface area contributed by atoms with Crippen LogP contribution < -0.4 is 14.8 Å². The number of hydrogen-bond acceptors (Lipinski definition) is 3. The van der Waals surface area contributed by atoms with Gasteiger partial charge < -0.3 is 14.8 Å². The minimum absolute atomic E-state index is 0.0427. The second-order valence-electron chi connectivity index (χ2n) is 5.15. The summed E-state index contributed by atoms with van der Waals surface area (Å²) in [6.07, 6.45) is 0.880. The van der Waals surface area contributed by atoms with Crippen LogP contribution in [0.1, 0.15) is 11.1 Å². The highest BCUT2D eigenvalue weighted by atomic mass is 35.5. The Kier molecular flexibility index (Phi) is 4.32. The molecule has 0 aliphatic carbocycles. The number of nitrogens with one attached hydrogen (secondary N) is 1. The lowest BCUT2D eigenvalue weighted by Gasteiger charge is -2.15. The van der Waals surface area contributed by atoms with Crippen LogP contribution in [-0.2, 0) is 13.0 Å². The van der Waals surface area contributed by atoms with Crippen LogP contribution in [0.15, 0.2) is 42.5 Å². The lowest BCUT2D eigenvalue weighted by atomic mass is 10.1. The fourth-order valence-electron chi connectivity index (χ4n) is 2.55. The Hall–Kier alpha value is -1.71. The van der Waals surface area contributed by atoms with Crippen molar-refractivity contribution in [3.05, 3.63) is 58.6 Å². The molecular formula is C17H18ClNO2. The van der Waals surface area contributed by atoms with Crippen molar-refractivity contribution in [1.82, 2.24) is 5.32 Å². The van der Waals surface area contributed by atoms with Gasteiger partial charge in [0.1, 0.15) is 24.2 Å². The Morgan fingerprint density at radius 3 is 3.00 bits per heavy atom. The molecule has 3 nitrogen and oxygen atoms in total. The second-order valence-corrected chi connectivity index (χ2v) is 5.58. The number of benzene rings is 2. The minimum atomic E-state index is 0.0427. The first-order chi connectivity index (χ1) is 10.3. The van der Waals surface area contributed by atoms with E-state index in [9.17, 15) is 0 Å². The zero-order chi connectivity index (χ0) is 14.7. The highest BCUT2D eigenvalue weighted by Crippen LogP contribution is 2.31. The molecule has 0 fully saturated rings. The summed E-state index contributed by atoms with van der Waals surface area (Å²) >= 11 is 6.01. The number of halogens is 1. The van der Waals surface area contributed by atoms with E-state index in [0.29, 0.717) is 6.61 Å². The Bertz CT molecular complexity index is 630. The molecule has 0 saturated heterocycles. The molecule has 1 N–H and O–H groups in total. The molecule has 0 aromatic heterocycles. The van der Waals surface area contributed by atoms with Gasteiger partial charge in [-0.15, -0.1) is 0 Å². The van der Waals surface area contributed by atoms with Crippen molar-refractivity contribution in [2.45, 2.75) is 19.1 Å². The van der Waals surface area contributed by atoms with Gasteiger partial charge in [-0.2, -0.15) is 0 Å². The molecule has 1 unspecified atom stereocenters. The maximum Gasteiger partial charge on any atom is 0.137 e. The number of hydrogen-bond donors (Lipinski definition) is 1. The van der Waals surface area contributed by atoms with Crippen LogP contribution in [0.25, 0.3) is 0 Å². The SMILES string of the molecule is CNCc1ccccc1OCC1Cc2cc(Cl)ccc2O1. The van der Waals surface area contributed by atoms with E-state index in [0.717, 1.165) is 40.6 Å². The average Bonchev–Trinajstić information content (AvgIpc) is 2.88. The smallest absolute Gasteiger partial charge is 0.137 e. The largest absolute Gasteiger partial charge is 0.489 e. The number of ether oxygens (including phenoxy) is 2. The van der Waals surface area contributed by atoms with Crippen LogP contribution in [0.4, 0.5) is 0 Å². The van der Waals surface area contributed by atoms with Crippen LogP contribution in [0.3, 0.4) is 0 Å². The van der Waals surface area contributed by atoms with Crippen LogP contribution in [-0.4, -0.2) is 19.8 Å². The van der Waals surface area contributed by atoms with E-state index >= 15 is 0 Å². The lowest BCUT2D eigenvalue weighted by Crippen LogP contribution is -2.23. The molecule has 21 heavy (non-hydrogen) atoms. The van der Waals surface area contributed by atoms with E-state index in [1.54, 1.807) is 0 Å². The Balaban J connectivity index is 1.62. The first kappa shape index (κ1) is 14.2. The third kappa shape index (κ3) is 3.31. The quantitative estimate of drug-likeness (QED) is 0.918. The predicted molar refractivity (Wildman–Crippen MR) is 84.3 cm³/mol. The molecular weight excluding hydrogens is 286 g/mol. The zero-order valence-electron chi connectivity index (χ0n) is 11.9. The van der Waals surface area contributed by atoms with E-state index in [2.05, 4.69) is 11.4 Å². The van der Waals surface area contributed by atoms with Crippen molar-refractivity contribution >= 4 is 11.6 Å². The van der Waals surface area contributed by atoms with Crippen molar-refractivity contribution in [3.63, 3.8) is 0 Å². The molecule has 0 radical (unpaired) electrons. The number of para-hydroxylation sites is 1. The van der Waals surface area contributed by atoms with E-state index < -0.39 is 0 Å². The molecule has 2 aromatic carbocycles. The molecule has 2 aromatic rings. The van der Waals surface area contributed by atoms with Gasteiger partial charge in [0.05, 0.1) is 0 Å². The van der Waals surface area contributed by atoms with Crippen molar-refractivity contribution < 1.29 is 9.47 Å². The van der Waals surface area contributed by atoms with Gasteiger partial charge >= 0.3 is 0 Å². The summed E-state index contributed by atoms with van der Waals surface area (Å²) in [6.45, 7) is 1.32. The third-order valence-electron chi connectivity index (χ3n) is 3.53. The van der Waals surface area contributed by atoms with Gasteiger partial charge in [-0.05, 0) is 36.9 Å². The van der Waals surface area contributed by atoms with Crippen molar-refractivity contribution in [1.29, 1.82) is 0 Å². The molecule has 1 atom stereocenters. The molecule has 3 rings (SSSR count). The Morgan fingerprint density at radius 1 is 1.29 bits per heavy atom. The monoisotopic (exact) mass is 303 g/mol. The lowest BCUT2D eigenvalue weighted by molar-refractivity contribution is 0.147. The van der Waals surface area contributed by atoms with Gasteiger partial charge in [0.2, 0.25) is 0 Å². The summed E-state index contributed by atoms with van der Waals surface area (Å²) in [7, 11) is 1.93. The van der Waals surface area contributed by atoms with Crippen LogP contribution in [0, 0.1) is 0 Å². The molecule has 0 spiro atoms. The number of fused-ring (bicyclic) bond motifs is 1. The summed E-state index contributed by atoms with van der Waals surface area (Å²) in [5.41, 5.74) is 2.30. The fourth-order valence-corrected chi connectivity index (χ4v) is 2.74. The molecule has 0 saturated carbocycles. The van der Waals surface area contributed by atoms with E-state index in [-0.39, 0.29) is 6.10 Å². The predicted octanol–water partition coefficient (Wildman–Crippen LogP) is 3.44. The molecule has 1 aliphatic rings. The first-order valence-electron chi connectivity index (χ1n) is 7.06. The summed E-state index contributed by atoms with van der Waals surface area (Å²) in [5.74, 6) is 1.82. The summed E-state index contributed by atoms with van der Waals surface area (Å²) < 4.78 is 11.8. The van der Waals surface area contributed by atoms with Gasteiger partial charge in [-0.3, -0.25) is 0 Å². The molecule has 0 bridgehead atoms. The van der Waals surface area contributed by atoms with E-state index in [1.165, 1.54) is 0 Å². The maximum absolute atomic E-state index is 6.01. The minimum Gasteiger partial charge on any atom is -0.489 e. The van der Waals surface area contributed by atoms with Gasteiger partial charge in [-0.25, -0.2) is 0 Å².